The first-order valence-electron chi connectivity index (χ1n) is 11.8. The predicted molar refractivity (Wildman–Crippen MR) is 134 cm³/mol. The standard InChI is InChI=1S/C25H32N6O4/c1-16(2)31-17(3)23(32)28(4)21-15-26-22(14-20(21)31)27-19-8-6-7-18(13-19)24(33)29-9-11-30(12-10-29)25(34)35-5/h6-8,13-17H,9-12H2,1-5H3,(H,26,27). The molecule has 0 aliphatic carbocycles. The van der Waals surface area contributed by atoms with Gasteiger partial charge in [-0.3, -0.25) is 9.59 Å². The lowest BCUT2D eigenvalue weighted by molar-refractivity contribution is -0.119. The van der Waals surface area contributed by atoms with Crippen LogP contribution in [0.3, 0.4) is 0 Å². The van der Waals surface area contributed by atoms with Crippen molar-refractivity contribution in [3.63, 3.8) is 0 Å². The maximum Gasteiger partial charge on any atom is 0.409 e. The molecule has 10 nitrogen and oxygen atoms in total. The molecule has 2 aliphatic rings. The number of piperazine rings is 1. The number of ether oxygens (including phenoxy) is 1. The van der Waals surface area contributed by atoms with Gasteiger partial charge < -0.3 is 29.7 Å². The van der Waals surface area contributed by atoms with Crippen molar-refractivity contribution < 1.29 is 19.1 Å². The minimum Gasteiger partial charge on any atom is -0.453 e. The van der Waals surface area contributed by atoms with Crippen LogP contribution in [0.2, 0.25) is 0 Å². The Morgan fingerprint density at radius 3 is 2.43 bits per heavy atom. The summed E-state index contributed by atoms with van der Waals surface area (Å²) in [7, 11) is 3.12. The molecular formula is C25H32N6O4. The lowest BCUT2D eigenvalue weighted by atomic mass is 10.1. The number of pyridine rings is 1. The highest BCUT2D eigenvalue weighted by Crippen LogP contribution is 2.38. The third-order valence-corrected chi connectivity index (χ3v) is 6.54. The number of hydrogen-bond donors (Lipinski definition) is 1. The summed E-state index contributed by atoms with van der Waals surface area (Å²) in [5.41, 5.74) is 2.99. The fourth-order valence-corrected chi connectivity index (χ4v) is 4.70. The summed E-state index contributed by atoms with van der Waals surface area (Å²) in [4.78, 5) is 49.0. The van der Waals surface area contributed by atoms with Crippen LogP contribution >= 0.6 is 0 Å². The number of carbonyl (C=O) groups excluding carboxylic acids is 3. The summed E-state index contributed by atoms with van der Waals surface area (Å²) >= 11 is 0. The van der Waals surface area contributed by atoms with Gasteiger partial charge in [-0.15, -0.1) is 0 Å². The molecule has 0 radical (unpaired) electrons. The Hall–Kier alpha value is -3.82. The van der Waals surface area contributed by atoms with Gasteiger partial charge in [-0.2, -0.15) is 0 Å². The number of methoxy groups -OCH3 is 1. The van der Waals surface area contributed by atoms with Crippen LogP contribution < -0.4 is 15.1 Å². The molecule has 2 aliphatic heterocycles. The smallest absolute Gasteiger partial charge is 0.409 e. The molecule has 3 heterocycles. The molecule has 186 valence electrons. The van der Waals surface area contributed by atoms with E-state index in [1.54, 1.807) is 40.1 Å². The summed E-state index contributed by atoms with van der Waals surface area (Å²) in [5, 5.41) is 3.30. The van der Waals surface area contributed by atoms with Crippen molar-refractivity contribution in [1.82, 2.24) is 14.8 Å². The second-order valence-electron chi connectivity index (χ2n) is 9.09. The molecule has 35 heavy (non-hydrogen) atoms. The van der Waals surface area contributed by atoms with Crippen LogP contribution in [0.4, 0.5) is 27.7 Å². The van der Waals surface area contributed by atoms with Crippen molar-refractivity contribution in [1.29, 1.82) is 0 Å². The number of rotatable bonds is 4. The number of fused-ring (bicyclic) bond motifs is 1. The summed E-state index contributed by atoms with van der Waals surface area (Å²) in [6.45, 7) is 7.82. The maximum atomic E-state index is 13.1. The first-order chi connectivity index (χ1) is 16.7. The quantitative estimate of drug-likeness (QED) is 0.718. The topological polar surface area (TPSA) is 98.3 Å². The number of nitrogens with one attached hydrogen (secondary N) is 1. The molecule has 3 amide bonds. The van der Waals surface area contributed by atoms with Gasteiger partial charge in [-0.25, -0.2) is 9.78 Å². The van der Waals surface area contributed by atoms with E-state index in [1.165, 1.54) is 7.11 Å². The zero-order valence-electron chi connectivity index (χ0n) is 20.8. The van der Waals surface area contributed by atoms with E-state index in [-0.39, 0.29) is 30.0 Å². The molecule has 4 rings (SSSR count). The Morgan fingerprint density at radius 1 is 1.09 bits per heavy atom. The van der Waals surface area contributed by atoms with E-state index in [4.69, 9.17) is 4.74 Å². The molecule has 1 aromatic carbocycles. The van der Waals surface area contributed by atoms with Gasteiger partial charge in [0.2, 0.25) is 5.91 Å². The van der Waals surface area contributed by atoms with E-state index in [0.717, 1.165) is 17.1 Å². The van der Waals surface area contributed by atoms with Crippen molar-refractivity contribution in [3.8, 4) is 0 Å². The Bertz CT molecular complexity index is 1130. The highest BCUT2D eigenvalue weighted by atomic mass is 16.5. The third kappa shape index (κ3) is 4.73. The number of hydrogen-bond acceptors (Lipinski definition) is 7. The molecule has 0 spiro atoms. The van der Waals surface area contributed by atoms with E-state index < -0.39 is 0 Å². The second kappa shape index (κ2) is 9.81. The van der Waals surface area contributed by atoms with Crippen molar-refractivity contribution >= 4 is 40.8 Å². The highest BCUT2D eigenvalue weighted by molar-refractivity contribution is 6.05. The van der Waals surface area contributed by atoms with Crippen LogP contribution in [-0.2, 0) is 9.53 Å². The third-order valence-electron chi connectivity index (χ3n) is 6.54. The average molecular weight is 481 g/mol. The molecule has 1 N–H and O–H groups in total. The van der Waals surface area contributed by atoms with Crippen molar-refractivity contribution in [2.45, 2.75) is 32.9 Å². The van der Waals surface area contributed by atoms with E-state index in [1.807, 2.05) is 25.1 Å². The van der Waals surface area contributed by atoms with Crippen LogP contribution in [0.15, 0.2) is 36.5 Å². The summed E-state index contributed by atoms with van der Waals surface area (Å²) in [6, 6.07) is 9.09. The zero-order valence-corrected chi connectivity index (χ0v) is 20.8. The minimum absolute atomic E-state index is 0.0346. The Labute approximate surface area is 205 Å². The fraction of sp³-hybridized carbons (Fsp3) is 0.440. The summed E-state index contributed by atoms with van der Waals surface area (Å²) in [6.07, 6.45) is 1.33. The maximum absolute atomic E-state index is 13.1. The van der Waals surface area contributed by atoms with Gasteiger partial charge in [-0.05, 0) is 39.0 Å². The Morgan fingerprint density at radius 2 is 1.77 bits per heavy atom. The molecule has 1 unspecified atom stereocenters. The van der Waals surface area contributed by atoms with Crippen molar-refractivity contribution in [2.24, 2.45) is 0 Å². The first kappa shape index (κ1) is 24.3. The van der Waals surface area contributed by atoms with Gasteiger partial charge in [0.1, 0.15) is 11.9 Å². The number of benzene rings is 1. The van der Waals surface area contributed by atoms with Crippen molar-refractivity contribution in [3.05, 3.63) is 42.1 Å². The van der Waals surface area contributed by atoms with Gasteiger partial charge >= 0.3 is 6.09 Å². The van der Waals surface area contributed by atoms with Crippen LogP contribution in [0.1, 0.15) is 31.1 Å². The number of nitrogens with zero attached hydrogens (tertiary/aromatic N) is 5. The summed E-state index contributed by atoms with van der Waals surface area (Å²) in [5.74, 6) is 0.574. The van der Waals surface area contributed by atoms with Gasteiger partial charge in [0.05, 0.1) is 24.7 Å². The highest BCUT2D eigenvalue weighted by Gasteiger charge is 2.35. The van der Waals surface area contributed by atoms with E-state index in [2.05, 4.69) is 29.0 Å². The van der Waals surface area contributed by atoms with Gasteiger partial charge in [0.25, 0.3) is 5.91 Å². The molecule has 2 aromatic rings. The van der Waals surface area contributed by atoms with Gasteiger partial charge in [0.15, 0.2) is 0 Å². The number of amides is 3. The first-order valence-corrected chi connectivity index (χ1v) is 11.8. The number of anilines is 4. The van der Waals surface area contributed by atoms with Crippen LogP contribution in [-0.4, -0.2) is 85.1 Å². The Kier molecular flexibility index (Phi) is 6.81. The molecular weight excluding hydrogens is 448 g/mol. The Balaban J connectivity index is 1.51. The number of likely N-dealkylation sites (N-methyl/N-ethyl adjacent to an activating group) is 1. The number of carbonyl (C=O) groups is 3. The molecule has 0 saturated carbocycles. The lowest BCUT2D eigenvalue weighted by Gasteiger charge is -2.42. The van der Waals surface area contributed by atoms with Crippen LogP contribution in [0.5, 0.6) is 0 Å². The van der Waals surface area contributed by atoms with Crippen LogP contribution in [0.25, 0.3) is 0 Å². The fourth-order valence-electron chi connectivity index (χ4n) is 4.70. The monoisotopic (exact) mass is 480 g/mol. The van der Waals surface area contributed by atoms with E-state index in [9.17, 15) is 14.4 Å². The number of aromatic nitrogens is 1. The van der Waals surface area contributed by atoms with Gasteiger partial charge in [-0.1, -0.05) is 6.07 Å². The average Bonchev–Trinajstić information content (AvgIpc) is 2.86. The van der Waals surface area contributed by atoms with Crippen molar-refractivity contribution in [2.75, 3.05) is 55.5 Å². The molecule has 1 fully saturated rings. The SMILES string of the molecule is COC(=O)N1CCN(C(=O)c2cccc(Nc3cc4c(cn3)N(C)C(=O)C(C)N4C(C)C)c2)CC1. The zero-order chi connectivity index (χ0) is 25.3. The van der Waals surface area contributed by atoms with Gasteiger partial charge in [0, 0.05) is 56.6 Å². The predicted octanol–water partition coefficient (Wildman–Crippen LogP) is 2.93. The molecule has 1 aromatic heterocycles. The molecule has 1 atom stereocenters. The lowest BCUT2D eigenvalue weighted by Crippen LogP contribution is -2.53. The van der Waals surface area contributed by atoms with Crippen LogP contribution in [0, 0.1) is 0 Å². The largest absolute Gasteiger partial charge is 0.453 e. The van der Waals surface area contributed by atoms with E-state index >= 15 is 0 Å². The molecule has 1 saturated heterocycles. The normalized spacial score (nSPS) is 18.0. The molecule has 10 heteroatoms. The summed E-state index contributed by atoms with van der Waals surface area (Å²) < 4.78 is 4.76. The molecule has 0 bridgehead atoms. The van der Waals surface area contributed by atoms with E-state index in [0.29, 0.717) is 37.6 Å². The second-order valence-corrected chi connectivity index (χ2v) is 9.09. The minimum atomic E-state index is -0.373.